The fourth-order valence-corrected chi connectivity index (χ4v) is 1.54. The third kappa shape index (κ3) is 1.92. The van der Waals surface area contributed by atoms with Gasteiger partial charge in [0, 0.05) is 31.7 Å². The van der Waals surface area contributed by atoms with Crippen LogP contribution < -0.4 is 5.73 Å². The fourth-order valence-electron chi connectivity index (χ4n) is 1.54. The molecule has 0 fully saturated rings. The first-order valence-electron chi connectivity index (χ1n) is 4.90. The number of nitrogens with zero attached hydrogens (tertiary/aromatic N) is 4. The van der Waals surface area contributed by atoms with Gasteiger partial charge in [0.15, 0.2) is 0 Å². The summed E-state index contributed by atoms with van der Waals surface area (Å²) in [5, 5.41) is 0. The number of aromatic nitrogens is 4. The molecule has 2 rings (SSSR count). The van der Waals surface area contributed by atoms with E-state index in [0.717, 1.165) is 11.5 Å². The molecule has 2 aromatic heterocycles. The van der Waals surface area contributed by atoms with E-state index < -0.39 is 0 Å². The minimum absolute atomic E-state index is 0.00670. The smallest absolute Gasteiger partial charge is 0.128 e. The summed E-state index contributed by atoms with van der Waals surface area (Å²) in [6.07, 6.45) is 7.30. The quantitative estimate of drug-likeness (QED) is 0.801. The average molecular weight is 205 g/mol. The summed E-state index contributed by atoms with van der Waals surface area (Å²) in [4.78, 5) is 8.36. The molecule has 80 valence electrons. The minimum atomic E-state index is -0.00670. The van der Waals surface area contributed by atoms with Gasteiger partial charge in [0.05, 0.1) is 18.6 Å². The number of nitrogens with two attached hydrogens (primary N) is 1. The van der Waals surface area contributed by atoms with Crippen molar-refractivity contribution in [3.8, 4) is 0 Å². The molecule has 2 N–H and O–H groups in total. The fraction of sp³-hybridized carbons (Fsp3) is 0.400. The predicted octanol–water partition coefficient (Wildman–Crippen LogP) is 0.685. The maximum Gasteiger partial charge on any atom is 0.128 e. The zero-order valence-electron chi connectivity index (χ0n) is 8.96. The summed E-state index contributed by atoms with van der Waals surface area (Å²) >= 11 is 0. The van der Waals surface area contributed by atoms with Crippen LogP contribution >= 0.6 is 0 Å². The van der Waals surface area contributed by atoms with E-state index in [1.807, 2.05) is 29.3 Å². The van der Waals surface area contributed by atoms with E-state index >= 15 is 0 Å². The number of hydrogen-bond donors (Lipinski definition) is 1. The van der Waals surface area contributed by atoms with Crippen LogP contribution in [0.5, 0.6) is 0 Å². The van der Waals surface area contributed by atoms with Crippen molar-refractivity contribution in [2.24, 2.45) is 12.8 Å². The van der Waals surface area contributed by atoms with Gasteiger partial charge in [0.2, 0.25) is 0 Å². The highest BCUT2D eigenvalue weighted by atomic mass is 15.1. The van der Waals surface area contributed by atoms with Crippen molar-refractivity contribution >= 4 is 0 Å². The van der Waals surface area contributed by atoms with Crippen molar-refractivity contribution in [3.05, 3.63) is 36.4 Å². The van der Waals surface area contributed by atoms with Crippen LogP contribution in [0.1, 0.15) is 24.5 Å². The Morgan fingerprint density at radius 2 is 2.33 bits per heavy atom. The zero-order chi connectivity index (χ0) is 10.8. The van der Waals surface area contributed by atoms with Crippen LogP contribution in [0.3, 0.4) is 0 Å². The van der Waals surface area contributed by atoms with Crippen LogP contribution in [-0.2, 0) is 13.6 Å². The topological polar surface area (TPSA) is 61.7 Å². The van der Waals surface area contributed by atoms with Crippen molar-refractivity contribution in [1.82, 2.24) is 19.1 Å². The summed E-state index contributed by atoms with van der Waals surface area (Å²) in [5.41, 5.74) is 6.86. The number of aryl methyl sites for hydroxylation is 1. The molecule has 0 saturated carbocycles. The first-order valence-corrected chi connectivity index (χ1v) is 4.90. The SMILES string of the molecule is C[C@H](N)c1cncn1Cc1nccn1C. The van der Waals surface area contributed by atoms with E-state index in [1.165, 1.54) is 0 Å². The molecule has 0 aliphatic carbocycles. The van der Waals surface area contributed by atoms with E-state index in [1.54, 1.807) is 18.7 Å². The summed E-state index contributed by atoms with van der Waals surface area (Å²) in [6.45, 7) is 2.66. The Hall–Kier alpha value is -1.62. The predicted molar refractivity (Wildman–Crippen MR) is 57.1 cm³/mol. The van der Waals surface area contributed by atoms with Gasteiger partial charge >= 0.3 is 0 Å². The molecule has 0 radical (unpaired) electrons. The highest BCUT2D eigenvalue weighted by Gasteiger charge is 2.08. The van der Waals surface area contributed by atoms with Crippen molar-refractivity contribution < 1.29 is 0 Å². The van der Waals surface area contributed by atoms with Crippen LogP contribution in [0, 0.1) is 0 Å². The van der Waals surface area contributed by atoms with E-state index in [4.69, 9.17) is 5.73 Å². The summed E-state index contributed by atoms with van der Waals surface area (Å²) in [5.74, 6) is 0.995. The van der Waals surface area contributed by atoms with E-state index in [9.17, 15) is 0 Å². The summed E-state index contributed by atoms with van der Waals surface area (Å²) < 4.78 is 4.01. The van der Waals surface area contributed by atoms with E-state index in [-0.39, 0.29) is 6.04 Å². The molecular formula is C10H15N5. The van der Waals surface area contributed by atoms with Gasteiger partial charge in [-0.1, -0.05) is 0 Å². The van der Waals surface area contributed by atoms with Crippen molar-refractivity contribution in [1.29, 1.82) is 0 Å². The summed E-state index contributed by atoms with van der Waals surface area (Å²) in [6, 6.07) is -0.00670. The van der Waals surface area contributed by atoms with Gasteiger partial charge in [-0.15, -0.1) is 0 Å². The molecule has 0 aromatic carbocycles. The van der Waals surface area contributed by atoms with Gasteiger partial charge in [-0.05, 0) is 6.92 Å². The van der Waals surface area contributed by atoms with E-state index in [0.29, 0.717) is 6.54 Å². The first-order chi connectivity index (χ1) is 7.18. The molecule has 0 unspecified atom stereocenters. The third-order valence-corrected chi connectivity index (χ3v) is 2.44. The molecule has 5 nitrogen and oxygen atoms in total. The van der Waals surface area contributed by atoms with Gasteiger partial charge in [0.25, 0.3) is 0 Å². The third-order valence-electron chi connectivity index (χ3n) is 2.44. The van der Waals surface area contributed by atoms with Gasteiger partial charge in [-0.2, -0.15) is 0 Å². The van der Waals surface area contributed by atoms with E-state index in [2.05, 4.69) is 9.97 Å². The number of imidazole rings is 2. The second-order valence-corrected chi connectivity index (χ2v) is 3.69. The van der Waals surface area contributed by atoms with Gasteiger partial charge < -0.3 is 14.9 Å². The molecule has 2 aromatic rings. The Morgan fingerprint density at radius 3 is 2.93 bits per heavy atom. The van der Waals surface area contributed by atoms with Crippen LogP contribution in [0.25, 0.3) is 0 Å². The maximum absolute atomic E-state index is 5.84. The first kappa shape index (κ1) is 9.92. The van der Waals surface area contributed by atoms with Crippen molar-refractivity contribution in [2.45, 2.75) is 19.5 Å². The number of hydrogen-bond acceptors (Lipinski definition) is 3. The molecule has 0 aliphatic rings. The Balaban J connectivity index is 2.25. The van der Waals surface area contributed by atoms with Crippen LogP contribution in [0.4, 0.5) is 0 Å². The molecule has 0 saturated heterocycles. The molecular weight excluding hydrogens is 190 g/mol. The Labute approximate surface area is 88.6 Å². The highest BCUT2D eigenvalue weighted by molar-refractivity contribution is 5.05. The highest BCUT2D eigenvalue weighted by Crippen LogP contribution is 2.10. The molecule has 2 heterocycles. The van der Waals surface area contributed by atoms with Crippen LogP contribution in [0.2, 0.25) is 0 Å². The molecule has 0 bridgehead atoms. The standard InChI is InChI=1S/C10H15N5/c1-8(11)9-5-12-7-15(9)6-10-13-3-4-14(10)2/h3-5,7-8H,6,11H2,1-2H3/t8-/m0/s1. The van der Waals surface area contributed by atoms with Gasteiger partial charge in [-0.3, -0.25) is 0 Å². The van der Waals surface area contributed by atoms with Crippen LogP contribution in [0.15, 0.2) is 24.9 Å². The monoisotopic (exact) mass is 205 g/mol. The average Bonchev–Trinajstić information content (AvgIpc) is 2.77. The molecule has 0 amide bonds. The Kier molecular flexibility index (Phi) is 2.55. The second kappa shape index (κ2) is 3.86. The number of rotatable bonds is 3. The largest absolute Gasteiger partial charge is 0.337 e. The zero-order valence-corrected chi connectivity index (χ0v) is 8.96. The Bertz CT molecular complexity index is 440. The summed E-state index contributed by atoms with van der Waals surface area (Å²) in [7, 11) is 1.98. The molecule has 15 heavy (non-hydrogen) atoms. The van der Waals surface area contributed by atoms with Crippen LogP contribution in [-0.4, -0.2) is 19.1 Å². The molecule has 5 heteroatoms. The molecule has 0 aliphatic heterocycles. The normalized spacial score (nSPS) is 13.0. The Morgan fingerprint density at radius 1 is 1.53 bits per heavy atom. The lowest BCUT2D eigenvalue weighted by Gasteiger charge is -2.10. The lowest BCUT2D eigenvalue weighted by molar-refractivity contribution is 0.636. The lowest BCUT2D eigenvalue weighted by Crippen LogP contribution is -2.14. The van der Waals surface area contributed by atoms with Gasteiger partial charge in [-0.25, -0.2) is 9.97 Å². The minimum Gasteiger partial charge on any atom is -0.337 e. The second-order valence-electron chi connectivity index (χ2n) is 3.69. The van der Waals surface area contributed by atoms with Crippen molar-refractivity contribution in [2.75, 3.05) is 0 Å². The molecule has 0 spiro atoms. The lowest BCUT2D eigenvalue weighted by atomic mass is 10.3. The molecule has 1 atom stereocenters. The maximum atomic E-state index is 5.84. The van der Waals surface area contributed by atoms with Gasteiger partial charge in [0.1, 0.15) is 5.82 Å². The van der Waals surface area contributed by atoms with Crippen molar-refractivity contribution in [3.63, 3.8) is 0 Å².